The second kappa shape index (κ2) is 6.38. The highest BCUT2D eigenvalue weighted by atomic mass is 15.0. The summed E-state index contributed by atoms with van der Waals surface area (Å²) >= 11 is 0. The normalized spacial score (nSPS) is 42.3. The zero-order valence-electron chi connectivity index (χ0n) is 13.9. The number of hydrogen-bond donors (Lipinski definition) is 1. The summed E-state index contributed by atoms with van der Waals surface area (Å²) in [5.74, 6) is 5.03. The van der Waals surface area contributed by atoms with Crippen LogP contribution in [0, 0.1) is 29.6 Å². The molecule has 0 aliphatic heterocycles. The number of fused-ring (bicyclic) bond motifs is 2. The molecule has 6 atom stereocenters. The predicted molar refractivity (Wildman–Crippen MR) is 86.7 cm³/mol. The van der Waals surface area contributed by atoms with Crippen molar-refractivity contribution in [2.24, 2.45) is 29.6 Å². The predicted octanol–water partition coefficient (Wildman–Crippen LogP) is 5.01. The van der Waals surface area contributed by atoms with E-state index in [0.29, 0.717) is 0 Å². The highest BCUT2D eigenvalue weighted by Crippen LogP contribution is 2.49. The molecule has 0 spiro atoms. The van der Waals surface area contributed by atoms with Gasteiger partial charge in [-0.05, 0) is 75.0 Å². The Morgan fingerprint density at radius 3 is 2.45 bits per heavy atom. The SMILES string of the molecule is CC(C)CC1CCCC(NC(C)C2CC3CCC2C3)C1. The van der Waals surface area contributed by atoms with Crippen LogP contribution in [0.1, 0.15) is 78.6 Å². The Labute approximate surface area is 126 Å². The molecule has 0 amide bonds. The molecule has 6 unspecified atom stereocenters. The summed E-state index contributed by atoms with van der Waals surface area (Å²) in [6.45, 7) is 7.25. The summed E-state index contributed by atoms with van der Waals surface area (Å²) < 4.78 is 0. The van der Waals surface area contributed by atoms with E-state index in [4.69, 9.17) is 0 Å². The van der Waals surface area contributed by atoms with Crippen molar-refractivity contribution in [3.8, 4) is 0 Å². The van der Waals surface area contributed by atoms with Gasteiger partial charge in [-0.1, -0.05) is 33.1 Å². The fourth-order valence-corrected chi connectivity index (χ4v) is 5.72. The lowest BCUT2D eigenvalue weighted by Crippen LogP contribution is -2.44. The summed E-state index contributed by atoms with van der Waals surface area (Å²) in [6.07, 6.45) is 13.4. The summed E-state index contributed by atoms with van der Waals surface area (Å²) in [5.41, 5.74) is 0. The second-order valence-corrected chi connectivity index (χ2v) is 8.65. The Morgan fingerprint density at radius 2 is 1.80 bits per heavy atom. The topological polar surface area (TPSA) is 12.0 Å². The van der Waals surface area contributed by atoms with Gasteiger partial charge in [0, 0.05) is 12.1 Å². The zero-order valence-corrected chi connectivity index (χ0v) is 13.9. The van der Waals surface area contributed by atoms with Crippen LogP contribution in [0.25, 0.3) is 0 Å². The van der Waals surface area contributed by atoms with Gasteiger partial charge in [-0.25, -0.2) is 0 Å². The van der Waals surface area contributed by atoms with Crippen molar-refractivity contribution in [3.63, 3.8) is 0 Å². The van der Waals surface area contributed by atoms with E-state index in [0.717, 1.165) is 41.7 Å². The van der Waals surface area contributed by atoms with Crippen molar-refractivity contribution >= 4 is 0 Å². The largest absolute Gasteiger partial charge is 0.311 e. The van der Waals surface area contributed by atoms with Crippen molar-refractivity contribution in [2.75, 3.05) is 0 Å². The average molecular weight is 277 g/mol. The maximum atomic E-state index is 4.05. The Morgan fingerprint density at radius 1 is 0.950 bits per heavy atom. The van der Waals surface area contributed by atoms with Crippen LogP contribution >= 0.6 is 0 Å². The van der Waals surface area contributed by atoms with Crippen molar-refractivity contribution in [2.45, 2.75) is 90.6 Å². The second-order valence-electron chi connectivity index (χ2n) is 8.65. The van der Waals surface area contributed by atoms with E-state index >= 15 is 0 Å². The first-order valence-electron chi connectivity index (χ1n) is 9.38. The molecule has 0 heterocycles. The fourth-order valence-electron chi connectivity index (χ4n) is 5.72. The van der Waals surface area contributed by atoms with Crippen molar-refractivity contribution in [1.29, 1.82) is 0 Å². The lowest BCUT2D eigenvalue weighted by molar-refractivity contribution is 0.198. The molecule has 0 aromatic rings. The maximum absolute atomic E-state index is 4.05. The molecule has 3 aliphatic rings. The minimum Gasteiger partial charge on any atom is -0.311 e. The number of hydrogen-bond acceptors (Lipinski definition) is 1. The van der Waals surface area contributed by atoms with Crippen LogP contribution in [0.15, 0.2) is 0 Å². The zero-order chi connectivity index (χ0) is 14.1. The van der Waals surface area contributed by atoms with E-state index in [1.807, 2.05) is 0 Å². The monoisotopic (exact) mass is 277 g/mol. The summed E-state index contributed by atoms with van der Waals surface area (Å²) in [6, 6.07) is 1.59. The van der Waals surface area contributed by atoms with Gasteiger partial charge in [0.25, 0.3) is 0 Å². The van der Waals surface area contributed by atoms with E-state index in [2.05, 4.69) is 26.1 Å². The number of nitrogens with one attached hydrogen (secondary N) is 1. The van der Waals surface area contributed by atoms with Crippen LogP contribution in [-0.4, -0.2) is 12.1 Å². The molecule has 3 saturated carbocycles. The molecule has 0 saturated heterocycles. The smallest absolute Gasteiger partial charge is 0.00723 e. The molecular formula is C19H35N. The fraction of sp³-hybridized carbons (Fsp3) is 1.00. The third kappa shape index (κ3) is 3.40. The van der Waals surface area contributed by atoms with Gasteiger partial charge in [-0.2, -0.15) is 0 Å². The number of rotatable bonds is 5. The Hall–Kier alpha value is -0.0400. The molecule has 1 heteroatoms. The molecule has 0 aromatic carbocycles. The van der Waals surface area contributed by atoms with Crippen LogP contribution < -0.4 is 5.32 Å². The van der Waals surface area contributed by atoms with Crippen LogP contribution in [0.2, 0.25) is 0 Å². The van der Waals surface area contributed by atoms with Crippen molar-refractivity contribution in [1.82, 2.24) is 5.32 Å². The molecule has 3 fully saturated rings. The Balaban J connectivity index is 1.47. The molecule has 3 aliphatic carbocycles. The van der Waals surface area contributed by atoms with E-state index in [9.17, 15) is 0 Å². The summed E-state index contributed by atoms with van der Waals surface area (Å²) in [5, 5.41) is 4.05. The quantitative estimate of drug-likeness (QED) is 0.745. The highest BCUT2D eigenvalue weighted by Gasteiger charge is 2.42. The van der Waals surface area contributed by atoms with Crippen LogP contribution in [0.4, 0.5) is 0 Å². The van der Waals surface area contributed by atoms with Gasteiger partial charge in [0.2, 0.25) is 0 Å². The van der Waals surface area contributed by atoms with Gasteiger partial charge in [-0.15, -0.1) is 0 Å². The van der Waals surface area contributed by atoms with Crippen molar-refractivity contribution < 1.29 is 0 Å². The first kappa shape index (κ1) is 14.9. The van der Waals surface area contributed by atoms with Gasteiger partial charge in [0.15, 0.2) is 0 Å². The average Bonchev–Trinajstić information content (AvgIpc) is 3.00. The lowest BCUT2D eigenvalue weighted by atomic mass is 9.79. The molecule has 116 valence electrons. The van der Waals surface area contributed by atoms with Crippen LogP contribution in [0.3, 0.4) is 0 Å². The van der Waals surface area contributed by atoms with Crippen LogP contribution in [-0.2, 0) is 0 Å². The standard InChI is InChI=1S/C19H35N/c1-13(2)9-15-5-4-6-18(11-15)20-14(3)19-12-16-7-8-17(19)10-16/h13-20H,4-12H2,1-3H3. The molecule has 0 aromatic heterocycles. The lowest BCUT2D eigenvalue weighted by Gasteiger charge is -2.36. The minimum absolute atomic E-state index is 0.771. The molecule has 1 nitrogen and oxygen atoms in total. The highest BCUT2D eigenvalue weighted by molar-refractivity contribution is 4.95. The van der Waals surface area contributed by atoms with E-state index in [1.165, 1.54) is 51.4 Å². The molecule has 2 bridgehead atoms. The van der Waals surface area contributed by atoms with Crippen molar-refractivity contribution in [3.05, 3.63) is 0 Å². The molecule has 3 rings (SSSR count). The molecule has 0 radical (unpaired) electrons. The third-order valence-corrected chi connectivity index (χ3v) is 6.52. The van der Waals surface area contributed by atoms with Gasteiger partial charge in [0.1, 0.15) is 0 Å². The first-order valence-corrected chi connectivity index (χ1v) is 9.38. The van der Waals surface area contributed by atoms with Crippen LogP contribution in [0.5, 0.6) is 0 Å². The van der Waals surface area contributed by atoms with Gasteiger partial charge in [0.05, 0.1) is 0 Å². The van der Waals surface area contributed by atoms with Gasteiger partial charge < -0.3 is 5.32 Å². The summed E-state index contributed by atoms with van der Waals surface area (Å²) in [4.78, 5) is 0. The summed E-state index contributed by atoms with van der Waals surface area (Å²) in [7, 11) is 0. The molecule has 20 heavy (non-hydrogen) atoms. The van der Waals surface area contributed by atoms with E-state index in [1.54, 1.807) is 6.42 Å². The Kier molecular flexibility index (Phi) is 4.75. The maximum Gasteiger partial charge on any atom is 0.00723 e. The van der Waals surface area contributed by atoms with Gasteiger partial charge in [-0.3, -0.25) is 0 Å². The minimum atomic E-state index is 0.771. The van der Waals surface area contributed by atoms with Gasteiger partial charge >= 0.3 is 0 Å². The van der Waals surface area contributed by atoms with E-state index < -0.39 is 0 Å². The molecule has 1 N–H and O–H groups in total. The third-order valence-electron chi connectivity index (χ3n) is 6.52. The Bertz CT molecular complexity index is 311. The first-order chi connectivity index (χ1) is 9.61. The molecular weight excluding hydrogens is 242 g/mol. The van der Waals surface area contributed by atoms with E-state index in [-0.39, 0.29) is 0 Å².